The summed E-state index contributed by atoms with van der Waals surface area (Å²) in [5.41, 5.74) is -0.252. The van der Waals surface area contributed by atoms with Crippen molar-refractivity contribution in [2.75, 3.05) is 5.32 Å². The molecule has 5 nitrogen and oxygen atoms in total. The molecule has 1 aliphatic rings. The molecule has 0 aromatic heterocycles. The lowest BCUT2D eigenvalue weighted by molar-refractivity contribution is -0.123. The summed E-state index contributed by atoms with van der Waals surface area (Å²) in [6.07, 6.45) is 3.42. The van der Waals surface area contributed by atoms with E-state index >= 15 is 0 Å². The van der Waals surface area contributed by atoms with Crippen LogP contribution >= 0.6 is 15.9 Å². The van der Waals surface area contributed by atoms with Gasteiger partial charge in [-0.15, -0.1) is 0 Å². The van der Waals surface area contributed by atoms with Crippen LogP contribution in [-0.4, -0.2) is 17.5 Å². The molecule has 0 saturated heterocycles. The molecule has 0 atom stereocenters. The summed E-state index contributed by atoms with van der Waals surface area (Å²) in [6, 6.07) is 16.2. The minimum absolute atomic E-state index is 0.204. The zero-order valence-electron chi connectivity index (χ0n) is 14.3. The van der Waals surface area contributed by atoms with Gasteiger partial charge in [0.1, 0.15) is 11.3 Å². The number of rotatable bonds is 4. The van der Waals surface area contributed by atoms with Gasteiger partial charge in [0.2, 0.25) is 5.91 Å². The Hall–Kier alpha value is -2.34. The summed E-state index contributed by atoms with van der Waals surface area (Å²) in [6.45, 7) is 0. The predicted octanol–water partition coefficient (Wildman–Crippen LogP) is 4.88. The van der Waals surface area contributed by atoms with Crippen LogP contribution in [0.15, 0.2) is 59.1 Å². The fourth-order valence-corrected chi connectivity index (χ4v) is 3.43. The molecule has 2 aromatic carbocycles. The van der Waals surface area contributed by atoms with Crippen LogP contribution in [0.5, 0.6) is 5.75 Å². The molecule has 0 heterocycles. The summed E-state index contributed by atoms with van der Waals surface area (Å²) in [4.78, 5) is 25.3. The normalized spacial score (nSPS) is 15.7. The summed E-state index contributed by atoms with van der Waals surface area (Å²) < 4.78 is 6.26. The van der Waals surface area contributed by atoms with Gasteiger partial charge in [-0.1, -0.05) is 53.4 Å². The molecule has 3 rings (SSSR count). The topological polar surface area (TPSA) is 67.4 Å². The van der Waals surface area contributed by atoms with Crippen LogP contribution in [0.1, 0.15) is 32.1 Å². The first-order valence-electron chi connectivity index (χ1n) is 8.69. The van der Waals surface area contributed by atoms with Crippen molar-refractivity contribution < 1.29 is 14.3 Å². The number of ether oxygens (including phenoxy) is 1. The van der Waals surface area contributed by atoms with Crippen molar-refractivity contribution in [1.82, 2.24) is 5.32 Å². The number of carbonyl (C=O) groups excluding carboxylic acids is 2. The smallest absolute Gasteiger partial charge is 0.410 e. The fraction of sp³-hybridized carbons (Fsp3) is 0.300. The van der Waals surface area contributed by atoms with Crippen molar-refractivity contribution in [1.29, 1.82) is 0 Å². The number of para-hydroxylation sites is 1. The van der Waals surface area contributed by atoms with E-state index in [9.17, 15) is 9.59 Å². The molecular formula is C20H21BrN2O3. The largest absolute Gasteiger partial charge is 0.413 e. The first kappa shape index (κ1) is 18.5. The monoisotopic (exact) mass is 416 g/mol. The third-order valence-corrected chi connectivity index (χ3v) is 5.07. The highest BCUT2D eigenvalue weighted by Crippen LogP contribution is 2.30. The van der Waals surface area contributed by atoms with Crippen molar-refractivity contribution in [3.8, 4) is 5.75 Å². The maximum atomic E-state index is 13.0. The van der Waals surface area contributed by atoms with E-state index in [1.54, 1.807) is 24.3 Å². The highest BCUT2D eigenvalue weighted by molar-refractivity contribution is 9.10. The number of benzene rings is 2. The van der Waals surface area contributed by atoms with Gasteiger partial charge in [0, 0.05) is 10.2 Å². The Morgan fingerprint density at radius 1 is 0.923 bits per heavy atom. The van der Waals surface area contributed by atoms with Crippen LogP contribution in [0.2, 0.25) is 0 Å². The molecule has 0 spiro atoms. The number of hydrogen-bond acceptors (Lipinski definition) is 3. The van der Waals surface area contributed by atoms with Crippen LogP contribution < -0.4 is 15.4 Å². The number of amides is 2. The van der Waals surface area contributed by atoms with E-state index in [4.69, 9.17) is 4.74 Å². The lowest BCUT2D eigenvalue weighted by Gasteiger charge is -2.36. The zero-order valence-corrected chi connectivity index (χ0v) is 15.9. The molecule has 0 unspecified atom stereocenters. The van der Waals surface area contributed by atoms with E-state index in [-0.39, 0.29) is 5.91 Å². The Bertz CT molecular complexity index is 756. The molecule has 1 aliphatic carbocycles. The summed E-state index contributed by atoms with van der Waals surface area (Å²) >= 11 is 3.38. The summed E-state index contributed by atoms with van der Waals surface area (Å²) in [5, 5.41) is 5.75. The van der Waals surface area contributed by atoms with Gasteiger partial charge in [-0.05, 0) is 49.2 Å². The van der Waals surface area contributed by atoms with Gasteiger partial charge in [-0.25, -0.2) is 4.79 Å². The van der Waals surface area contributed by atoms with Crippen molar-refractivity contribution in [3.63, 3.8) is 0 Å². The quantitative estimate of drug-likeness (QED) is 0.745. The van der Waals surface area contributed by atoms with Gasteiger partial charge in [-0.3, -0.25) is 4.79 Å². The summed E-state index contributed by atoms with van der Waals surface area (Å²) in [5.74, 6) is 0.244. The average Bonchev–Trinajstić information content (AvgIpc) is 2.65. The van der Waals surface area contributed by atoms with Crippen molar-refractivity contribution in [3.05, 3.63) is 59.1 Å². The molecule has 0 aliphatic heterocycles. The molecular weight excluding hydrogens is 396 g/mol. The van der Waals surface area contributed by atoms with Crippen molar-refractivity contribution >= 4 is 33.6 Å². The lowest BCUT2D eigenvalue weighted by Crippen LogP contribution is -2.58. The second-order valence-electron chi connectivity index (χ2n) is 6.43. The standard InChI is InChI=1S/C20H21BrN2O3/c21-15-9-11-16(12-10-15)22-18(24)20(13-5-2-6-14-20)23-19(25)26-17-7-3-1-4-8-17/h1,3-4,7-12H,2,5-6,13-14H2,(H,22,24)(H,23,25). The predicted molar refractivity (Wildman–Crippen MR) is 104 cm³/mol. The molecule has 0 radical (unpaired) electrons. The van der Waals surface area contributed by atoms with E-state index in [1.165, 1.54) is 0 Å². The Balaban J connectivity index is 1.71. The number of hydrogen-bond donors (Lipinski definition) is 2. The van der Waals surface area contributed by atoms with Crippen molar-refractivity contribution in [2.24, 2.45) is 0 Å². The SMILES string of the molecule is O=C(NC1(C(=O)Nc2ccc(Br)cc2)CCCCC1)Oc1ccccc1. The molecule has 2 amide bonds. The second kappa shape index (κ2) is 8.36. The van der Waals surface area contributed by atoms with Crippen LogP contribution in [0.3, 0.4) is 0 Å². The first-order valence-corrected chi connectivity index (χ1v) is 9.49. The highest BCUT2D eigenvalue weighted by Gasteiger charge is 2.41. The Kier molecular flexibility index (Phi) is 5.93. The zero-order chi connectivity index (χ0) is 18.4. The number of nitrogens with one attached hydrogen (secondary N) is 2. The van der Waals surface area contributed by atoms with Gasteiger partial charge in [-0.2, -0.15) is 0 Å². The first-order chi connectivity index (χ1) is 12.6. The fourth-order valence-electron chi connectivity index (χ4n) is 3.16. The maximum Gasteiger partial charge on any atom is 0.413 e. The van der Waals surface area contributed by atoms with E-state index in [0.29, 0.717) is 24.3 Å². The number of carbonyl (C=O) groups is 2. The minimum atomic E-state index is -0.947. The molecule has 6 heteroatoms. The van der Waals surface area contributed by atoms with Crippen LogP contribution in [-0.2, 0) is 4.79 Å². The van der Waals surface area contributed by atoms with E-state index in [2.05, 4.69) is 26.6 Å². The van der Waals surface area contributed by atoms with Gasteiger partial charge in [0.05, 0.1) is 0 Å². The molecule has 26 heavy (non-hydrogen) atoms. The molecule has 1 saturated carbocycles. The average molecular weight is 417 g/mol. The maximum absolute atomic E-state index is 13.0. The third kappa shape index (κ3) is 4.64. The molecule has 2 aromatic rings. The third-order valence-electron chi connectivity index (χ3n) is 4.54. The van der Waals surface area contributed by atoms with Crippen LogP contribution in [0.4, 0.5) is 10.5 Å². The van der Waals surface area contributed by atoms with Crippen LogP contribution in [0, 0.1) is 0 Å². The van der Waals surface area contributed by atoms with E-state index < -0.39 is 11.6 Å². The summed E-state index contributed by atoms with van der Waals surface area (Å²) in [7, 11) is 0. The Labute approximate surface area is 161 Å². The van der Waals surface area contributed by atoms with Gasteiger partial charge in [0.15, 0.2) is 0 Å². The molecule has 0 bridgehead atoms. The molecule has 136 valence electrons. The van der Waals surface area contributed by atoms with Gasteiger partial charge in [0.25, 0.3) is 0 Å². The molecule has 1 fully saturated rings. The molecule has 2 N–H and O–H groups in total. The van der Waals surface area contributed by atoms with E-state index in [0.717, 1.165) is 23.7 Å². The second-order valence-corrected chi connectivity index (χ2v) is 7.35. The van der Waals surface area contributed by atoms with Gasteiger partial charge < -0.3 is 15.4 Å². The number of anilines is 1. The number of halogens is 1. The van der Waals surface area contributed by atoms with Crippen molar-refractivity contribution in [2.45, 2.75) is 37.6 Å². The Morgan fingerprint density at radius 3 is 2.23 bits per heavy atom. The van der Waals surface area contributed by atoms with E-state index in [1.807, 2.05) is 30.3 Å². The van der Waals surface area contributed by atoms with Gasteiger partial charge >= 0.3 is 6.09 Å². The van der Waals surface area contributed by atoms with Crippen LogP contribution in [0.25, 0.3) is 0 Å². The Morgan fingerprint density at radius 2 is 1.58 bits per heavy atom. The highest BCUT2D eigenvalue weighted by atomic mass is 79.9. The lowest BCUT2D eigenvalue weighted by atomic mass is 9.81. The minimum Gasteiger partial charge on any atom is -0.410 e.